The van der Waals surface area contributed by atoms with Crippen LogP contribution in [0.15, 0.2) is 36.5 Å². The minimum atomic E-state index is -0.191. The van der Waals surface area contributed by atoms with E-state index in [-0.39, 0.29) is 6.61 Å². The van der Waals surface area contributed by atoms with Crippen molar-refractivity contribution >= 4 is 39.8 Å². The van der Waals surface area contributed by atoms with Crippen molar-refractivity contribution in [2.75, 3.05) is 12.4 Å². The lowest BCUT2D eigenvalue weighted by atomic mass is 10.1. The van der Waals surface area contributed by atoms with Gasteiger partial charge < -0.3 is 15.2 Å². The van der Waals surface area contributed by atoms with Gasteiger partial charge in [-0.25, -0.2) is 0 Å². The zero-order valence-electron chi connectivity index (χ0n) is 13.9. The van der Waals surface area contributed by atoms with E-state index in [4.69, 9.17) is 27.9 Å². The van der Waals surface area contributed by atoms with Crippen LogP contribution in [0.2, 0.25) is 10.0 Å². The number of fused-ring (bicyclic) bond motifs is 1. The van der Waals surface area contributed by atoms with Crippen LogP contribution in [0.5, 0.6) is 5.75 Å². The fourth-order valence-corrected chi connectivity index (χ4v) is 3.25. The van der Waals surface area contributed by atoms with Gasteiger partial charge in [-0.2, -0.15) is 5.26 Å². The summed E-state index contributed by atoms with van der Waals surface area (Å²) in [5.41, 5.74) is 3.23. The maximum Gasteiger partial charge on any atom is 0.137 e. The van der Waals surface area contributed by atoms with E-state index in [1.54, 1.807) is 31.5 Å². The molecule has 1 aromatic heterocycles. The Labute approximate surface area is 160 Å². The number of aromatic nitrogens is 1. The van der Waals surface area contributed by atoms with E-state index in [2.05, 4.69) is 16.4 Å². The third kappa shape index (κ3) is 3.54. The highest BCUT2D eigenvalue weighted by atomic mass is 35.5. The third-order valence-corrected chi connectivity index (χ3v) is 4.57. The van der Waals surface area contributed by atoms with Crippen LogP contribution in [0, 0.1) is 11.3 Å². The topological polar surface area (TPSA) is 78.2 Å². The molecule has 0 radical (unpaired) electrons. The van der Waals surface area contributed by atoms with Gasteiger partial charge in [0.05, 0.1) is 46.6 Å². The first kappa shape index (κ1) is 18.3. The van der Waals surface area contributed by atoms with Gasteiger partial charge in [-0.15, -0.1) is 0 Å². The molecule has 1 heterocycles. The molecule has 3 aromatic rings. The van der Waals surface area contributed by atoms with Crippen molar-refractivity contribution in [1.29, 1.82) is 5.26 Å². The molecule has 0 aliphatic rings. The van der Waals surface area contributed by atoms with E-state index in [1.807, 2.05) is 12.1 Å². The number of aliphatic hydroxyl groups excluding tert-OH is 1. The molecule has 3 rings (SSSR count). The van der Waals surface area contributed by atoms with Gasteiger partial charge in [0.15, 0.2) is 0 Å². The molecular weight excluding hydrogens is 373 g/mol. The number of nitriles is 1. The predicted molar refractivity (Wildman–Crippen MR) is 103 cm³/mol. The SMILES string of the molecule is COc1ccc(CNc2c(CO)cnc3c(Cl)cc(C#N)cc23)cc1Cl. The van der Waals surface area contributed by atoms with Crippen molar-refractivity contribution < 1.29 is 9.84 Å². The normalized spacial score (nSPS) is 10.6. The number of aliphatic hydroxyl groups is 1. The number of ether oxygens (including phenoxy) is 1. The number of nitrogens with zero attached hydrogens (tertiary/aromatic N) is 2. The number of hydrogen-bond acceptors (Lipinski definition) is 5. The molecule has 0 aliphatic carbocycles. The van der Waals surface area contributed by atoms with Crippen LogP contribution in [-0.4, -0.2) is 17.2 Å². The lowest BCUT2D eigenvalue weighted by Gasteiger charge is -2.15. The van der Waals surface area contributed by atoms with E-state index in [0.29, 0.717) is 50.1 Å². The average molecular weight is 388 g/mol. The fourth-order valence-electron chi connectivity index (χ4n) is 2.70. The molecule has 0 bridgehead atoms. The number of rotatable bonds is 5. The van der Waals surface area contributed by atoms with Gasteiger partial charge in [-0.3, -0.25) is 4.98 Å². The van der Waals surface area contributed by atoms with E-state index in [1.165, 1.54) is 0 Å². The van der Waals surface area contributed by atoms with Crippen molar-refractivity contribution in [2.24, 2.45) is 0 Å². The summed E-state index contributed by atoms with van der Waals surface area (Å²) in [6, 6.07) is 10.9. The Morgan fingerprint density at radius 1 is 1.23 bits per heavy atom. The van der Waals surface area contributed by atoms with Crippen LogP contribution in [0.25, 0.3) is 10.9 Å². The second-order valence-corrected chi connectivity index (χ2v) is 6.42. The van der Waals surface area contributed by atoms with Crippen LogP contribution >= 0.6 is 23.2 Å². The average Bonchev–Trinajstić information content (AvgIpc) is 2.65. The monoisotopic (exact) mass is 387 g/mol. The minimum absolute atomic E-state index is 0.191. The number of benzene rings is 2. The summed E-state index contributed by atoms with van der Waals surface area (Å²) in [4.78, 5) is 4.30. The van der Waals surface area contributed by atoms with E-state index in [9.17, 15) is 10.4 Å². The first-order valence-corrected chi connectivity index (χ1v) is 8.51. The number of pyridine rings is 1. The molecule has 0 amide bonds. The first-order valence-electron chi connectivity index (χ1n) is 7.75. The number of hydrogen-bond donors (Lipinski definition) is 2. The van der Waals surface area contributed by atoms with Gasteiger partial charge in [0.2, 0.25) is 0 Å². The van der Waals surface area contributed by atoms with Crippen LogP contribution in [0.4, 0.5) is 5.69 Å². The molecule has 0 spiro atoms. The maximum atomic E-state index is 9.67. The largest absolute Gasteiger partial charge is 0.495 e. The number of halogens is 2. The summed E-state index contributed by atoms with van der Waals surface area (Å²) in [5.74, 6) is 0.603. The molecule has 0 fully saturated rings. The Kier molecular flexibility index (Phi) is 5.48. The Hall–Kier alpha value is -2.52. The molecule has 132 valence electrons. The molecule has 2 aromatic carbocycles. The molecule has 2 N–H and O–H groups in total. The lowest BCUT2D eigenvalue weighted by Crippen LogP contribution is -2.05. The second-order valence-electron chi connectivity index (χ2n) is 5.61. The Morgan fingerprint density at radius 2 is 2.04 bits per heavy atom. The fraction of sp³-hybridized carbons (Fsp3) is 0.158. The molecule has 0 saturated carbocycles. The van der Waals surface area contributed by atoms with Gasteiger partial charge in [0, 0.05) is 23.7 Å². The Balaban J connectivity index is 2.02. The van der Waals surface area contributed by atoms with Gasteiger partial charge in [0.1, 0.15) is 5.75 Å². The molecular formula is C19H15Cl2N3O2. The van der Waals surface area contributed by atoms with Crippen LogP contribution in [-0.2, 0) is 13.2 Å². The van der Waals surface area contributed by atoms with E-state index >= 15 is 0 Å². The summed E-state index contributed by atoms with van der Waals surface area (Å²) in [5, 5.41) is 23.8. The molecule has 0 atom stereocenters. The molecule has 26 heavy (non-hydrogen) atoms. The van der Waals surface area contributed by atoms with Gasteiger partial charge in [0.25, 0.3) is 0 Å². The summed E-state index contributed by atoms with van der Waals surface area (Å²) >= 11 is 12.4. The summed E-state index contributed by atoms with van der Waals surface area (Å²) in [6.45, 7) is 0.271. The zero-order chi connectivity index (χ0) is 18.7. The molecule has 0 saturated heterocycles. The minimum Gasteiger partial charge on any atom is -0.495 e. The van der Waals surface area contributed by atoms with Crippen LogP contribution < -0.4 is 10.1 Å². The van der Waals surface area contributed by atoms with Gasteiger partial charge >= 0.3 is 0 Å². The standard InChI is InChI=1S/C19H15Cl2N3O2/c1-26-17-3-2-11(5-15(17)20)8-23-18-13(10-25)9-24-19-14(18)4-12(7-22)6-16(19)21/h2-6,9,25H,8,10H2,1H3,(H,23,24). The van der Waals surface area contributed by atoms with Crippen molar-refractivity contribution in [3.8, 4) is 11.8 Å². The van der Waals surface area contributed by atoms with Crippen molar-refractivity contribution in [3.63, 3.8) is 0 Å². The van der Waals surface area contributed by atoms with Crippen LogP contribution in [0.3, 0.4) is 0 Å². The highest BCUT2D eigenvalue weighted by Crippen LogP contribution is 2.32. The number of anilines is 1. The molecule has 0 aliphatic heterocycles. The van der Waals surface area contributed by atoms with Crippen molar-refractivity contribution in [2.45, 2.75) is 13.2 Å². The van der Waals surface area contributed by atoms with Crippen LogP contribution in [0.1, 0.15) is 16.7 Å². The van der Waals surface area contributed by atoms with E-state index < -0.39 is 0 Å². The highest BCUT2D eigenvalue weighted by Gasteiger charge is 2.13. The Morgan fingerprint density at radius 3 is 2.69 bits per heavy atom. The lowest BCUT2D eigenvalue weighted by molar-refractivity contribution is 0.282. The Bertz CT molecular complexity index is 1020. The van der Waals surface area contributed by atoms with E-state index in [0.717, 1.165) is 5.56 Å². The predicted octanol–water partition coefficient (Wildman–Crippen LogP) is 4.53. The quantitative estimate of drug-likeness (QED) is 0.672. The number of nitrogens with one attached hydrogen (secondary N) is 1. The van der Waals surface area contributed by atoms with Crippen molar-refractivity contribution in [1.82, 2.24) is 4.98 Å². The summed E-state index contributed by atoms with van der Waals surface area (Å²) in [6.07, 6.45) is 1.57. The molecule has 0 unspecified atom stereocenters. The molecule has 7 heteroatoms. The first-order chi connectivity index (χ1) is 12.6. The third-order valence-electron chi connectivity index (χ3n) is 3.99. The summed E-state index contributed by atoms with van der Waals surface area (Å²) < 4.78 is 5.16. The van der Waals surface area contributed by atoms with Gasteiger partial charge in [-0.1, -0.05) is 29.3 Å². The molecule has 5 nitrogen and oxygen atoms in total. The second kappa shape index (κ2) is 7.79. The zero-order valence-corrected chi connectivity index (χ0v) is 15.4. The smallest absolute Gasteiger partial charge is 0.137 e. The highest BCUT2D eigenvalue weighted by molar-refractivity contribution is 6.35. The van der Waals surface area contributed by atoms with Crippen molar-refractivity contribution in [3.05, 3.63) is 63.3 Å². The van der Waals surface area contributed by atoms with Gasteiger partial charge in [-0.05, 0) is 29.8 Å². The summed E-state index contributed by atoms with van der Waals surface area (Å²) in [7, 11) is 1.56. The maximum absolute atomic E-state index is 9.67. The number of methoxy groups -OCH3 is 1.